The number of rotatable bonds is 6. The van der Waals surface area contributed by atoms with Crippen LogP contribution in [0.25, 0.3) is 0 Å². The van der Waals surface area contributed by atoms with E-state index in [4.69, 9.17) is 4.43 Å². The second-order valence-corrected chi connectivity index (χ2v) is 11.8. The van der Waals surface area contributed by atoms with E-state index in [-0.39, 0.29) is 0 Å². The summed E-state index contributed by atoms with van der Waals surface area (Å²) in [5.74, 6) is 0. The van der Waals surface area contributed by atoms with Crippen molar-refractivity contribution in [2.75, 3.05) is 10.7 Å². The van der Waals surface area contributed by atoms with Crippen molar-refractivity contribution in [3.8, 4) is 0 Å². The fraction of sp³-hybridized carbons (Fsp3) is 1.00. The zero-order chi connectivity index (χ0) is 12.1. The van der Waals surface area contributed by atoms with Gasteiger partial charge in [-0.05, 0) is 31.0 Å². The van der Waals surface area contributed by atoms with Crippen LogP contribution in [-0.2, 0) is 4.43 Å². The second-order valence-electron chi connectivity index (χ2n) is 5.46. The first-order chi connectivity index (χ1) is 6.74. The molecule has 0 saturated carbocycles. The molecule has 0 rings (SSSR count). The average Bonchev–Trinajstić information content (AvgIpc) is 2.02. The third kappa shape index (κ3) is 5.85. The average molecular weight is 360 g/mol. The summed E-state index contributed by atoms with van der Waals surface area (Å²) in [6.45, 7) is 11.5. The molecule has 0 aromatic carbocycles. The summed E-state index contributed by atoms with van der Waals surface area (Å²) in [6.07, 6.45) is 2.63. The number of alkyl halides is 2. The molecule has 92 valence electrons. The molecule has 0 N–H and O–H groups in total. The zero-order valence-corrected chi connectivity index (χ0v) is 14.7. The minimum absolute atomic E-state index is 0.309. The molecule has 1 nitrogen and oxygen atoms in total. The first kappa shape index (κ1) is 16.1. The van der Waals surface area contributed by atoms with Crippen LogP contribution in [0.2, 0.25) is 18.1 Å². The monoisotopic (exact) mass is 358 g/mol. The summed E-state index contributed by atoms with van der Waals surface area (Å²) >= 11 is 7.00. The van der Waals surface area contributed by atoms with Crippen molar-refractivity contribution < 1.29 is 4.43 Å². The first-order valence-electron chi connectivity index (χ1n) is 5.54. The lowest BCUT2D eigenvalue weighted by atomic mass is 10.2. The second kappa shape index (κ2) is 6.77. The van der Waals surface area contributed by atoms with Crippen LogP contribution >= 0.6 is 31.9 Å². The predicted molar refractivity (Wildman–Crippen MR) is 78.9 cm³/mol. The van der Waals surface area contributed by atoms with Gasteiger partial charge in [0, 0.05) is 16.8 Å². The normalized spacial score (nSPS) is 13.6. The van der Waals surface area contributed by atoms with Crippen LogP contribution in [0, 0.1) is 0 Å². The molecule has 0 aromatic heterocycles. The van der Waals surface area contributed by atoms with E-state index in [1.807, 2.05) is 0 Å². The first-order valence-corrected chi connectivity index (χ1v) is 10.7. The third-order valence-electron chi connectivity index (χ3n) is 3.13. The summed E-state index contributed by atoms with van der Waals surface area (Å²) < 4.78 is 6.36. The van der Waals surface area contributed by atoms with Gasteiger partial charge < -0.3 is 4.43 Å². The molecule has 0 fully saturated rings. The van der Waals surface area contributed by atoms with Crippen LogP contribution < -0.4 is 0 Å². The molecule has 0 heterocycles. The van der Waals surface area contributed by atoms with Crippen LogP contribution in [0.4, 0.5) is 0 Å². The van der Waals surface area contributed by atoms with Crippen LogP contribution in [-0.4, -0.2) is 25.1 Å². The van der Waals surface area contributed by atoms with E-state index >= 15 is 0 Å². The number of halogens is 2. The molecule has 0 radical (unpaired) electrons. The van der Waals surface area contributed by atoms with Gasteiger partial charge in [-0.1, -0.05) is 52.6 Å². The standard InChI is InChI=1S/C11H24Br2OSi/c1-11(2,3)15(4,5)14-10(6-8-12)7-9-13/h10H,6-9H2,1-5H3. The van der Waals surface area contributed by atoms with E-state index in [1.54, 1.807) is 0 Å². The Morgan fingerprint density at radius 3 is 1.73 bits per heavy atom. The maximum absolute atomic E-state index is 6.36. The predicted octanol–water partition coefficient (Wildman–Crippen LogP) is 4.95. The Morgan fingerprint density at radius 1 is 1.07 bits per heavy atom. The third-order valence-corrected chi connectivity index (χ3v) is 8.58. The van der Waals surface area contributed by atoms with E-state index in [9.17, 15) is 0 Å². The Hall–Kier alpha value is 1.14. The number of hydrogen-bond acceptors (Lipinski definition) is 1. The maximum Gasteiger partial charge on any atom is 0.192 e. The highest BCUT2D eigenvalue weighted by Gasteiger charge is 2.38. The SMILES string of the molecule is CC(C)(C)[Si](C)(C)OC(CCBr)CCBr. The highest BCUT2D eigenvalue weighted by molar-refractivity contribution is 9.09. The van der Waals surface area contributed by atoms with Crippen molar-refractivity contribution in [2.24, 2.45) is 0 Å². The van der Waals surface area contributed by atoms with Crippen LogP contribution in [0.5, 0.6) is 0 Å². The summed E-state index contributed by atoms with van der Waals surface area (Å²) in [6, 6.07) is 0. The van der Waals surface area contributed by atoms with E-state index in [2.05, 4.69) is 65.7 Å². The number of hydrogen-bond donors (Lipinski definition) is 0. The summed E-state index contributed by atoms with van der Waals surface area (Å²) in [5, 5.41) is 2.36. The molecule has 0 unspecified atom stereocenters. The molecule has 0 aliphatic heterocycles. The Bertz CT molecular complexity index is 172. The Labute approximate surface area is 113 Å². The Balaban J connectivity index is 4.37. The lowest BCUT2D eigenvalue weighted by molar-refractivity contribution is 0.175. The molecule has 15 heavy (non-hydrogen) atoms. The van der Waals surface area contributed by atoms with Gasteiger partial charge in [-0.15, -0.1) is 0 Å². The van der Waals surface area contributed by atoms with Crippen molar-refractivity contribution in [2.45, 2.75) is 57.8 Å². The molecule has 0 spiro atoms. The van der Waals surface area contributed by atoms with Crippen molar-refractivity contribution in [3.63, 3.8) is 0 Å². The fourth-order valence-corrected chi connectivity index (χ4v) is 3.54. The Kier molecular flexibility index (Phi) is 7.28. The summed E-state index contributed by atoms with van der Waals surface area (Å²) in [7, 11) is -1.58. The van der Waals surface area contributed by atoms with Crippen LogP contribution in [0.1, 0.15) is 33.6 Å². The maximum atomic E-state index is 6.36. The molecular weight excluding hydrogens is 336 g/mol. The molecule has 0 aliphatic rings. The van der Waals surface area contributed by atoms with E-state index < -0.39 is 8.32 Å². The van der Waals surface area contributed by atoms with Crippen molar-refractivity contribution in [1.29, 1.82) is 0 Å². The van der Waals surface area contributed by atoms with Crippen molar-refractivity contribution in [3.05, 3.63) is 0 Å². The molecule has 0 aromatic rings. The van der Waals surface area contributed by atoms with Gasteiger partial charge in [0.15, 0.2) is 8.32 Å². The van der Waals surface area contributed by atoms with Crippen molar-refractivity contribution >= 4 is 40.2 Å². The lowest BCUT2D eigenvalue weighted by Crippen LogP contribution is -2.44. The van der Waals surface area contributed by atoms with Gasteiger partial charge in [0.05, 0.1) is 0 Å². The highest BCUT2D eigenvalue weighted by atomic mass is 79.9. The van der Waals surface area contributed by atoms with Gasteiger partial charge in [0.1, 0.15) is 0 Å². The van der Waals surface area contributed by atoms with Gasteiger partial charge in [0.25, 0.3) is 0 Å². The molecule has 0 aliphatic carbocycles. The fourth-order valence-electron chi connectivity index (χ4n) is 1.10. The molecule has 0 saturated heterocycles. The minimum atomic E-state index is -1.58. The highest BCUT2D eigenvalue weighted by Crippen LogP contribution is 2.38. The zero-order valence-electron chi connectivity index (χ0n) is 10.6. The van der Waals surface area contributed by atoms with Gasteiger partial charge in [0.2, 0.25) is 0 Å². The summed E-state index contributed by atoms with van der Waals surface area (Å²) in [5.41, 5.74) is 0. The lowest BCUT2D eigenvalue weighted by Gasteiger charge is -2.39. The molecular formula is C11H24Br2OSi. The molecule has 0 bridgehead atoms. The largest absolute Gasteiger partial charge is 0.414 e. The quantitative estimate of drug-likeness (QED) is 0.481. The smallest absolute Gasteiger partial charge is 0.192 e. The van der Waals surface area contributed by atoms with E-state index in [0.717, 1.165) is 23.5 Å². The molecule has 4 heteroatoms. The topological polar surface area (TPSA) is 9.23 Å². The minimum Gasteiger partial charge on any atom is -0.414 e. The van der Waals surface area contributed by atoms with Crippen molar-refractivity contribution in [1.82, 2.24) is 0 Å². The molecule has 0 atom stereocenters. The van der Waals surface area contributed by atoms with E-state index in [0.29, 0.717) is 11.1 Å². The Morgan fingerprint density at radius 2 is 1.47 bits per heavy atom. The van der Waals surface area contributed by atoms with Gasteiger partial charge in [-0.2, -0.15) is 0 Å². The van der Waals surface area contributed by atoms with Crippen LogP contribution in [0.15, 0.2) is 0 Å². The molecule has 0 amide bonds. The van der Waals surface area contributed by atoms with Gasteiger partial charge >= 0.3 is 0 Å². The van der Waals surface area contributed by atoms with Gasteiger partial charge in [-0.3, -0.25) is 0 Å². The van der Waals surface area contributed by atoms with Gasteiger partial charge in [-0.25, -0.2) is 0 Å². The van der Waals surface area contributed by atoms with E-state index in [1.165, 1.54) is 0 Å². The summed E-state index contributed by atoms with van der Waals surface area (Å²) in [4.78, 5) is 0. The van der Waals surface area contributed by atoms with Crippen LogP contribution in [0.3, 0.4) is 0 Å².